The summed E-state index contributed by atoms with van der Waals surface area (Å²) in [5, 5.41) is 9.62. The summed E-state index contributed by atoms with van der Waals surface area (Å²) in [5.41, 5.74) is 1.17. The third-order valence-corrected chi connectivity index (χ3v) is 7.18. The Kier molecular flexibility index (Phi) is 7.58. The van der Waals surface area contributed by atoms with Crippen LogP contribution in [0.2, 0.25) is 0 Å². The molecule has 0 radical (unpaired) electrons. The van der Waals surface area contributed by atoms with E-state index in [1.807, 2.05) is 6.07 Å². The zero-order valence-corrected chi connectivity index (χ0v) is 20.6. The fourth-order valence-corrected chi connectivity index (χ4v) is 5.21. The normalized spacial score (nSPS) is 19.5. The van der Waals surface area contributed by atoms with Gasteiger partial charge in [-0.1, -0.05) is 42.1 Å². The van der Waals surface area contributed by atoms with Crippen LogP contribution in [0, 0.1) is 16.0 Å². The van der Waals surface area contributed by atoms with Crippen molar-refractivity contribution in [3.8, 4) is 0 Å². The number of ether oxygens (including phenoxy) is 3. The number of hydrogen-bond acceptors (Lipinski definition) is 10. The minimum Gasteiger partial charge on any atom is -0.456 e. The highest BCUT2D eigenvalue weighted by atomic mass is 32.2. The molecule has 0 aliphatic carbocycles. The number of carbonyl (C=O) groups excluding carboxylic acids is 4. The van der Waals surface area contributed by atoms with Crippen molar-refractivity contribution in [1.82, 2.24) is 4.90 Å². The molecule has 4 rings (SSSR count). The summed E-state index contributed by atoms with van der Waals surface area (Å²) in [4.78, 5) is 62.0. The fourth-order valence-electron chi connectivity index (χ4n) is 3.92. The molecule has 0 aromatic heterocycles. The topological polar surface area (TPSA) is 142 Å². The molecule has 192 valence electrons. The van der Waals surface area contributed by atoms with E-state index in [1.54, 1.807) is 24.3 Å². The van der Waals surface area contributed by atoms with E-state index in [1.165, 1.54) is 43.0 Å². The number of fused-ring (bicyclic) bond motifs is 1. The highest BCUT2D eigenvalue weighted by Gasteiger charge is 2.58. The van der Waals surface area contributed by atoms with Gasteiger partial charge in [-0.15, -0.1) is 0 Å². The number of carbonyl (C=O) groups is 4. The summed E-state index contributed by atoms with van der Waals surface area (Å²) in [6, 6.07) is 14.4. The van der Waals surface area contributed by atoms with E-state index in [2.05, 4.69) is 0 Å². The number of hydrogen-bond donors (Lipinski definition) is 0. The molecule has 2 aromatic rings. The Labute approximate surface area is 215 Å². The Hall–Kier alpha value is -4.19. The summed E-state index contributed by atoms with van der Waals surface area (Å²) in [7, 11) is 0. The molecular formula is C25H22N2O9S. The van der Waals surface area contributed by atoms with Gasteiger partial charge in [0.15, 0.2) is 0 Å². The molecule has 1 saturated heterocycles. The van der Waals surface area contributed by atoms with Crippen molar-refractivity contribution in [3.63, 3.8) is 0 Å². The van der Waals surface area contributed by atoms with Gasteiger partial charge >= 0.3 is 12.1 Å². The van der Waals surface area contributed by atoms with Gasteiger partial charge in [-0.3, -0.25) is 24.6 Å². The number of β-lactam (4-membered cyclic amide) rings is 1. The van der Waals surface area contributed by atoms with E-state index < -0.39 is 40.4 Å². The molecule has 2 aromatic carbocycles. The van der Waals surface area contributed by atoms with Gasteiger partial charge in [0.25, 0.3) is 5.69 Å². The van der Waals surface area contributed by atoms with Crippen molar-refractivity contribution in [1.29, 1.82) is 0 Å². The van der Waals surface area contributed by atoms with Gasteiger partial charge < -0.3 is 14.2 Å². The Morgan fingerprint density at radius 3 is 2.30 bits per heavy atom. The molecule has 12 heteroatoms. The minimum absolute atomic E-state index is 0.0198. The Morgan fingerprint density at radius 2 is 1.65 bits per heavy atom. The summed E-state index contributed by atoms with van der Waals surface area (Å²) in [5.74, 6) is -2.14. The van der Waals surface area contributed by atoms with Crippen LogP contribution in [0.25, 0.3) is 0 Å². The zero-order chi connectivity index (χ0) is 26.7. The predicted molar refractivity (Wildman–Crippen MR) is 129 cm³/mol. The quantitative estimate of drug-likeness (QED) is 0.216. The van der Waals surface area contributed by atoms with Crippen LogP contribution in [0.15, 0.2) is 65.9 Å². The molecule has 37 heavy (non-hydrogen) atoms. The second kappa shape index (κ2) is 10.8. The first-order valence-corrected chi connectivity index (χ1v) is 12.1. The van der Waals surface area contributed by atoms with Gasteiger partial charge in [0.1, 0.15) is 36.3 Å². The number of nitrogens with zero attached hydrogens (tertiary/aromatic N) is 2. The van der Waals surface area contributed by atoms with Gasteiger partial charge in [-0.05, 0) is 37.1 Å². The fraction of sp³-hybridized carbons (Fsp3) is 0.280. The maximum atomic E-state index is 13.0. The molecule has 0 bridgehead atoms. The van der Waals surface area contributed by atoms with Crippen molar-refractivity contribution in [2.45, 2.75) is 38.5 Å². The molecule has 0 saturated carbocycles. The lowest BCUT2D eigenvalue weighted by Gasteiger charge is -2.50. The Morgan fingerprint density at radius 1 is 1.03 bits per heavy atom. The standard InChI is InChI=1S/C25H22N2O9S/c1-14-20(23(29)34-12-16-6-4-3-5-7-16)26-21(28)19(22(26)37-24(14)30)15(2)36-25(31)35-13-17-8-10-18(11-9-17)27(32)33/h3-11,15,19,22H,12-13H2,1-2H3/t15-,19+,22+/m1/s1. The van der Waals surface area contributed by atoms with Gasteiger partial charge in [0.05, 0.1) is 4.92 Å². The number of non-ortho nitro benzene ring substituents is 1. The van der Waals surface area contributed by atoms with Crippen LogP contribution in [-0.4, -0.2) is 44.4 Å². The largest absolute Gasteiger partial charge is 0.508 e. The van der Waals surface area contributed by atoms with Crippen molar-refractivity contribution >= 4 is 40.6 Å². The number of amides is 1. The van der Waals surface area contributed by atoms with Crippen LogP contribution in [0.1, 0.15) is 25.0 Å². The molecule has 2 aliphatic rings. The van der Waals surface area contributed by atoms with Crippen LogP contribution < -0.4 is 0 Å². The molecule has 1 amide bonds. The first kappa shape index (κ1) is 25.9. The van der Waals surface area contributed by atoms with E-state index in [4.69, 9.17) is 14.2 Å². The lowest BCUT2D eigenvalue weighted by Crippen LogP contribution is -2.65. The third-order valence-electron chi connectivity index (χ3n) is 5.91. The van der Waals surface area contributed by atoms with Crippen molar-refractivity contribution in [2.24, 2.45) is 5.92 Å². The summed E-state index contributed by atoms with van der Waals surface area (Å²) < 4.78 is 15.6. The highest BCUT2D eigenvalue weighted by Crippen LogP contribution is 2.46. The third kappa shape index (κ3) is 5.48. The lowest BCUT2D eigenvalue weighted by atomic mass is 9.91. The number of rotatable bonds is 8. The molecule has 2 heterocycles. The average molecular weight is 527 g/mol. The van der Waals surface area contributed by atoms with Crippen LogP contribution in [0.4, 0.5) is 10.5 Å². The predicted octanol–water partition coefficient (Wildman–Crippen LogP) is 3.71. The first-order valence-electron chi connectivity index (χ1n) is 11.2. The van der Waals surface area contributed by atoms with E-state index >= 15 is 0 Å². The first-order chi connectivity index (χ1) is 17.7. The monoisotopic (exact) mass is 526 g/mol. The zero-order valence-electron chi connectivity index (χ0n) is 19.8. The molecule has 3 atom stereocenters. The second-order valence-electron chi connectivity index (χ2n) is 8.35. The van der Waals surface area contributed by atoms with Crippen molar-refractivity contribution < 1.29 is 38.3 Å². The summed E-state index contributed by atoms with van der Waals surface area (Å²) >= 11 is 0.874. The molecule has 11 nitrogen and oxygen atoms in total. The number of benzene rings is 2. The van der Waals surface area contributed by atoms with Crippen LogP contribution in [0.3, 0.4) is 0 Å². The summed E-state index contributed by atoms with van der Waals surface area (Å²) in [6.45, 7) is 2.75. The summed E-state index contributed by atoms with van der Waals surface area (Å²) in [6.07, 6.45) is -1.99. The molecular weight excluding hydrogens is 504 g/mol. The molecule has 0 unspecified atom stereocenters. The van der Waals surface area contributed by atoms with Gasteiger partial charge in [0, 0.05) is 17.7 Å². The number of nitro benzene ring substituents is 1. The average Bonchev–Trinajstić information content (AvgIpc) is 2.88. The van der Waals surface area contributed by atoms with E-state index in [-0.39, 0.29) is 35.3 Å². The van der Waals surface area contributed by atoms with Crippen molar-refractivity contribution in [3.05, 3.63) is 87.1 Å². The van der Waals surface area contributed by atoms with Gasteiger partial charge in [-0.2, -0.15) is 0 Å². The number of thioether (sulfide) groups is 1. The number of nitro groups is 1. The van der Waals surface area contributed by atoms with Gasteiger partial charge in [0.2, 0.25) is 11.0 Å². The smallest absolute Gasteiger partial charge is 0.456 e. The molecule has 2 aliphatic heterocycles. The van der Waals surface area contributed by atoms with Crippen LogP contribution in [-0.2, 0) is 41.8 Å². The highest BCUT2D eigenvalue weighted by molar-refractivity contribution is 8.14. The maximum absolute atomic E-state index is 13.0. The lowest BCUT2D eigenvalue weighted by molar-refractivity contribution is -0.384. The Bertz CT molecular complexity index is 1280. The molecule has 0 N–H and O–H groups in total. The van der Waals surface area contributed by atoms with E-state index in [0.29, 0.717) is 5.56 Å². The number of esters is 1. The molecule has 1 fully saturated rings. The minimum atomic E-state index is -1.04. The second-order valence-corrected chi connectivity index (χ2v) is 9.44. The maximum Gasteiger partial charge on any atom is 0.508 e. The SMILES string of the molecule is CC1=C(C(=O)OCc2ccccc2)N2C(=O)[C@H]([C@@H](C)OC(=O)OCc3ccc([N+](=O)[O-])cc3)[C@@H]2SC1=O. The van der Waals surface area contributed by atoms with Crippen LogP contribution in [0.5, 0.6) is 0 Å². The van der Waals surface area contributed by atoms with E-state index in [0.717, 1.165) is 17.3 Å². The molecule has 0 spiro atoms. The van der Waals surface area contributed by atoms with E-state index in [9.17, 15) is 29.3 Å². The van der Waals surface area contributed by atoms with Crippen molar-refractivity contribution in [2.75, 3.05) is 0 Å². The van der Waals surface area contributed by atoms with Crippen LogP contribution >= 0.6 is 11.8 Å². The van der Waals surface area contributed by atoms with Gasteiger partial charge in [-0.25, -0.2) is 9.59 Å². The Balaban J connectivity index is 1.35.